The van der Waals surface area contributed by atoms with Gasteiger partial charge in [-0.25, -0.2) is 4.79 Å². The van der Waals surface area contributed by atoms with Crippen LogP contribution in [0.4, 0.5) is 0 Å². The van der Waals surface area contributed by atoms with E-state index in [1.807, 2.05) is 18.2 Å². The second-order valence-electron chi connectivity index (χ2n) is 4.07. The highest BCUT2D eigenvalue weighted by Gasteiger charge is 1.95. The summed E-state index contributed by atoms with van der Waals surface area (Å²) in [5.41, 5.74) is 1.19. The number of carbonyl (C=O) groups is 1. The minimum Gasteiger partial charge on any atom is -0.478 e. The number of rotatable bonds is 6. The van der Waals surface area contributed by atoms with E-state index in [0.29, 0.717) is 5.92 Å². The summed E-state index contributed by atoms with van der Waals surface area (Å²) in [6.07, 6.45) is 8.93. The van der Waals surface area contributed by atoms with Gasteiger partial charge in [0.25, 0.3) is 0 Å². The minimum atomic E-state index is -0.877. The van der Waals surface area contributed by atoms with Crippen molar-refractivity contribution in [2.45, 2.75) is 19.8 Å². The SMILES string of the molecule is C[C@@H](C=Cc1ccccc1)CCC=CC(=O)O. The van der Waals surface area contributed by atoms with E-state index in [4.69, 9.17) is 5.11 Å². The molecule has 1 aromatic carbocycles. The molecule has 0 aliphatic carbocycles. The van der Waals surface area contributed by atoms with Gasteiger partial charge in [-0.15, -0.1) is 0 Å². The van der Waals surface area contributed by atoms with Gasteiger partial charge < -0.3 is 5.11 Å². The summed E-state index contributed by atoms with van der Waals surface area (Å²) in [6, 6.07) is 10.2. The van der Waals surface area contributed by atoms with E-state index in [-0.39, 0.29) is 0 Å². The van der Waals surface area contributed by atoms with Crippen LogP contribution in [-0.2, 0) is 4.79 Å². The summed E-state index contributed by atoms with van der Waals surface area (Å²) in [5.74, 6) is -0.425. The molecule has 0 fully saturated rings. The Morgan fingerprint density at radius 2 is 2.06 bits per heavy atom. The van der Waals surface area contributed by atoms with E-state index >= 15 is 0 Å². The highest BCUT2D eigenvalue weighted by atomic mass is 16.4. The Labute approximate surface area is 102 Å². The Kier molecular flexibility index (Phi) is 5.80. The molecular weight excluding hydrogens is 212 g/mol. The quantitative estimate of drug-likeness (QED) is 0.755. The minimum absolute atomic E-state index is 0.452. The molecule has 0 saturated carbocycles. The van der Waals surface area contributed by atoms with Crippen molar-refractivity contribution < 1.29 is 9.90 Å². The maximum atomic E-state index is 10.3. The van der Waals surface area contributed by atoms with Crippen molar-refractivity contribution in [1.29, 1.82) is 0 Å². The molecule has 0 radical (unpaired) electrons. The summed E-state index contributed by atoms with van der Waals surface area (Å²) in [6.45, 7) is 2.13. The zero-order valence-electron chi connectivity index (χ0n) is 10.0. The number of allylic oxidation sites excluding steroid dienone is 2. The van der Waals surface area contributed by atoms with Gasteiger partial charge in [0.15, 0.2) is 0 Å². The topological polar surface area (TPSA) is 37.3 Å². The van der Waals surface area contributed by atoms with Gasteiger partial charge in [-0.05, 0) is 24.3 Å². The summed E-state index contributed by atoms with van der Waals surface area (Å²) in [4.78, 5) is 10.3. The molecule has 0 aliphatic heterocycles. The van der Waals surface area contributed by atoms with Crippen LogP contribution in [0.5, 0.6) is 0 Å². The molecule has 0 aromatic heterocycles. The maximum absolute atomic E-state index is 10.3. The van der Waals surface area contributed by atoms with E-state index in [0.717, 1.165) is 12.8 Å². The predicted molar refractivity (Wildman–Crippen MR) is 70.6 cm³/mol. The van der Waals surface area contributed by atoms with Gasteiger partial charge in [0.1, 0.15) is 0 Å². The fourth-order valence-electron chi connectivity index (χ4n) is 1.48. The molecule has 0 spiro atoms. The molecule has 0 heterocycles. The van der Waals surface area contributed by atoms with Crippen molar-refractivity contribution in [3.8, 4) is 0 Å². The second kappa shape index (κ2) is 7.44. The molecule has 1 N–H and O–H groups in total. The molecule has 1 rings (SSSR count). The van der Waals surface area contributed by atoms with Gasteiger partial charge in [-0.1, -0.05) is 55.5 Å². The molecule has 0 amide bonds. The summed E-state index contributed by atoms with van der Waals surface area (Å²) < 4.78 is 0. The first-order chi connectivity index (χ1) is 8.18. The molecule has 17 heavy (non-hydrogen) atoms. The normalized spacial score (nSPS) is 13.2. The van der Waals surface area contributed by atoms with E-state index in [9.17, 15) is 4.79 Å². The van der Waals surface area contributed by atoms with Gasteiger partial charge in [0.05, 0.1) is 0 Å². The van der Waals surface area contributed by atoms with Gasteiger partial charge >= 0.3 is 5.97 Å². The third-order valence-electron chi connectivity index (χ3n) is 2.47. The molecule has 2 nitrogen and oxygen atoms in total. The average molecular weight is 230 g/mol. The number of benzene rings is 1. The van der Waals surface area contributed by atoms with E-state index in [1.165, 1.54) is 11.6 Å². The predicted octanol–water partition coefficient (Wildman–Crippen LogP) is 3.76. The highest BCUT2D eigenvalue weighted by Crippen LogP contribution is 2.10. The Balaban J connectivity index is 2.32. The lowest BCUT2D eigenvalue weighted by atomic mass is 10.0. The van der Waals surface area contributed by atoms with Crippen molar-refractivity contribution in [3.63, 3.8) is 0 Å². The number of aliphatic carboxylic acids is 1. The molecule has 90 valence electrons. The smallest absolute Gasteiger partial charge is 0.327 e. The fraction of sp³-hybridized carbons (Fsp3) is 0.267. The Hall–Kier alpha value is -1.83. The van der Waals surface area contributed by atoms with Crippen LogP contribution in [0.3, 0.4) is 0 Å². The summed E-state index contributed by atoms with van der Waals surface area (Å²) in [5, 5.41) is 8.43. The van der Waals surface area contributed by atoms with Crippen molar-refractivity contribution >= 4 is 12.0 Å². The van der Waals surface area contributed by atoms with Crippen LogP contribution in [0.2, 0.25) is 0 Å². The van der Waals surface area contributed by atoms with E-state index in [1.54, 1.807) is 6.08 Å². The first-order valence-electron chi connectivity index (χ1n) is 5.81. The van der Waals surface area contributed by atoms with Crippen LogP contribution in [0, 0.1) is 5.92 Å². The van der Waals surface area contributed by atoms with Crippen LogP contribution in [0.25, 0.3) is 6.08 Å². The van der Waals surface area contributed by atoms with Crippen molar-refractivity contribution in [2.24, 2.45) is 5.92 Å². The maximum Gasteiger partial charge on any atom is 0.327 e. The third-order valence-corrected chi connectivity index (χ3v) is 2.47. The monoisotopic (exact) mass is 230 g/mol. The molecule has 0 bridgehead atoms. The van der Waals surface area contributed by atoms with Gasteiger partial charge in [-0.3, -0.25) is 0 Å². The zero-order valence-corrected chi connectivity index (χ0v) is 10.0. The van der Waals surface area contributed by atoms with Crippen LogP contribution in [0.15, 0.2) is 48.6 Å². The van der Waals surface area contributed by atoms with E-state index in [2.05, 4.69) is 31.2 Å². The second-order valence-corrected chi connectivity index (χ2v) is 4.07. The summed E-state index contributed by atoms with van der Waals surface area (Å²) in [7, 11) is 0. The molecule has 0 saturated heterocycles. The van der Waals surface area contributed by atoms with Crippen molar-refractivity contribution in [2.75, 3.05) is 0 Å². The highest BCUT2D eigenvalue weighted by molar-refractivity contribution is 5.79. The molecule has 1 atom stereocenters. The first kappa shape index (κ1) is 13.2. The van der Waals surface area contributed by atoms with Gasteiger partial charge in [0.2, 0.25) is 0 Å². The van der Waals surface area contributed by atoms with Crippen LogP contribution < -0.4 is 0 Å². The number of carboxylic acid groups (broad SMARTS) is 1. The van der Waals surface area contributed by atoms with Gasteiger partial charge in [0, 0.05) is 6.08 Å². The number of hydrogen-bond donors (Lipinski definition) is 1. The third kappa shape index (κ3) is 6.36. The lowest BCUT2D eigenvalue weighted by molar-refractivity contribution is -0.131. The van der Waals surface area contributed by atoms with E-state index < -0.39 is 5.97 Å². The number of carboxylic acids is 1. The molecular formula is C15H18O2. The summed E-state index contributed by atoms with van der Waals surface area (Å²) >= 11 is 0. The van der Waals surface area contributed by atoms with Crippen LogP contribution in [0.1, 0.15) is 25.3 Å². The Morgan fingerprint density at radius 1 is 1.35 bits per heavy atom. The van der Waals surface area contributed by atoms with Crippen LogP contribution >= 0.6 is 0 Å². The van der Waals surface area contributed by atoms with Crippen molar-refractivity contribution in [3.05, 3.63) is 54.1 Å². The molecule has 0 aliphatic rings. The number of hydrogen-bond acceptors (Lipinski definition) is 1. The zero-order chi connectivity index (χ0) is 12.5. The van der Waals surface area contributed by atoms with Crippen LogP contribution in [-0.4, -0.2) is 11.1 Å². The fourth-order valence-corrected chi connectivity index (χ4v) is 1.48. The standard InChI is InChI=1S/C15H18O2/c1-13(7-5-6-10-15(16)17)11-12-14-8-3-2-4-9-14/h2-4,6,8-13H,5,7H2,1H3,(H,16,17)/t13-/m1/s1. The average Bonchev–Trinajstić information content (AvgIpc) is 2.33. The Bertz CT molecular complexity index is 391. The van der Waals surface area contributed by atoms with Gasteiger partial charge in [-0.2, -0.15) is 0 Å². The van der Waals surface area contributed by atoms with Crippen molar-refractivity contribution in [1.82, 2.24) is 0 Å². The Morgan fingerprint density at radius 3 is 2.71 bits per heavy atom. The molecule has 2 heteroatoms. The molecule has 0 unspecified atom stereocenters. The molecule has 1 aromatic rings. The lowest BCUT2D eigenvalue weighted by Crippen LogP contribution is -1.89. The first-order valence-corrected chi connectivity index (χ1v) is 5.81. The lowest BCUT2D eigenvalue weighted by Gasteiger charge is -2.02. The largest absolute Gasteiger partial charge is 0.478 e.